The van der Waals surface area contributed by atoms with Crippen molar-refractivity contribution in [2.24, 2.45) is 5.92 Å². The lowest BCUT2D eigenvalue weighted by Gasteiger charge is -2.23. The molecule has 3 amide bonds. The number of aromatic nitrogens is 2. The molecule has 1 aromatic heterocycles. The Balaban J connectivity index is 1.67. The van der Waals surface area contributed by atoms with Crippen LogP contribution in [0.4, 0.5) is 15.6 Å². The molecule has 3 aromatic rings. The number of carbonyl (C=O) groups excluding carboxylic acids is 2. The van der Waals surface area contributed by atoms with Crippen molar-refractivity contribution in [3.05, 3.63) is 59.7 Å². The van der Waals surface area contributed by atoms with Gasteiger partial charge in [-0.15, -0.1) is 10.2 Å². The average molecular weight is 449 g/mol. The molecule has 2 unspecified atom stereocenters. The zero-order chi connectivity index (χ0) is 23.1. The number of nitriles is 1. The summed E-state index contributed by atoms with van der Waals surface area (Å²) in [5, 5.41) is 26.4. The van der Waals surface area contributed by atoms with Crippen molar-refractivity contribution in [3.63, 3.8) is 0 Å². The first kappa shape index (κ1) is 22.9. The van der Waals surface area contributed by atoms with E-state index in [-0.39, 0.29) is 11.8 Å². The number of rotatable bonds is 7. The number of hydrogen-bond acceptors (Lipinski definition) is 6. The fourth-order valence-electron chi connectivity index (χ4n) is 2.99. The van der Waals surface area contributed by atoms with Crippen molar-refractivity contribution < 1.29 is 9.59 Å². The third-order valence-electron chi connectivity index (χ3n) is 4.97. The third-order valence-corrected chi connectivity index (χ3v) is 5.86. The Morgan fingerprint density at radius 3 is 2.53 bits per heavy atom. The molecule has 164 valence electrons. The van der Waals surface area contributed by atoms with Crippen molar-refractivity contribution >= 4 is 34.1 Å². The van der Waals surface area contributed by atoms with Gasteiger partial charge in [0.15, 0.2) is 0 Å². The lowest BCUT2D eigenvalue weighted by molar-refractivity contribution is -0.119. The van der Waals surface area contributed by atoms with Crippen molar-refractivity contribution in [1.29, 1.82) is 5.26 Å². The predicted octanol–water partition coefficient (Wildman–Crippen LogP) is 4.56. The van der Waals surface area contributed by atoms with E-state index in [1.807, 2.05) is 51.1 Å². The SMILES string of the molecule is CCC(C)C(NC(=O)Nc1ccc(C#N)cc1)C(=O)Nc1nnc(-c2cccc(C)c2)s1. The Labute approximate surface area is 190 Å². The minimum atomic E-state index is -0.760. The molecule has 0 aliphatic heterocycles. The summed E-state index contributed by atoms with van der Waals surface area (Å²) in [6.07, 6.45) is 0.694. The highest BCUT2D eigenvalue weighted by Crippen LogP contribution is 2.27. The van der Waals surface area contributed by atoms with Crippen LogP contribution >= 0.6 is 11.3 Å². The second-order valence-electron chi connectivity index (χ2n) is 7.42. The van der Waals surface area contributed by atoms with Gasteiger partial charge in [-0.05, 0) is 43.2 Å². The number of nitrogens with one attached hydrogen (secondary N) is 3. The van der Waals surface area contributed by atoms with Gasteiger partial charge in [-0.1, -0.05) is 55.4 Å². The van der Waals surface area contributed by atoms with Gasteiger partial charge in [0.05, 0.1) is 11.6 Å². The zero-order valence-electron chi connectivity index (χ0n) is 18.0. The number of carbonyl (C=O) groups is 2. The molecule has 0 aliphatic carbocycles. The Kier molecular flexibility index (Phi) is 7.52. The van der Waals surface area contributed by atoms with Gasteiger partial charge in [-0.3, -0.25) is 10.1 Å². The lowest BCUT2D eigenvalue weighted by atomic mass is 9.98. The minimum absolute atomic E-state index is 0.106. The van der Waals surface area contributed by atoms with Gasteiger partial charge in [0.25, 0.3) is 0 Å². The van der Waals surface area contributed by atoms with Crippen molar-refractivity contribution in [2.75, 3.05) is 10.6 Å². The fourth-order valence-corrected chi connectivity index (χ4v) is 3.73. The summed E-state index contributed by atoms with van der Waals surface area (Å²) < 4.78 is 0. The van der Waals surface area contributed by atoms with Crippen molar-refractivity contribution in [2.45, 2.75) is 33.2 Å². The van der Waals surface area contributed by atoms with E-state index in [0.717, 1.165) is 11.1 Å². The summed E-state index contributed by atoms with van der Waals surface area (Å²) in [7, 11) is 0. The smallest absolute Gasteiger partial charge is 0.319 e. The topological polar surface area (TPSA) is 120 Å². The van der Waals surface area contributed by atoms with Crippen LogP contribution in [-0.4, -0.2) is 28.2 Å². The molecule has 0 bridgehead atoms. The van der Waals surface area contributed by atoms with Gasteiger partial charge in [-0.25, -0.2) is 4.79 Å². The highest BCUT2D eigenvalue weighted by atomic mass is 32.1. The summed E-state index contributed by atoms with van der Waals surface area (Å²) in [4.78, 5) is 25.4. The molecule has 8 nitrogen and oxygen atoms in total. The molecule has 0 saturated heterocycles. The van der Waals surface area contributed by atoms with Crippen LogP contribution in [0.25, 0.3) is 10.6 Å². The number of hydrogen-bond donors (Lipinski definition) is 3. The second-order valence-corrected chi connectivity index (χ2v) is 8.40. The van der Waals surface area contributed by atoms with Gasteiger partial charge in [0, 0.05) is 11.3 Å². The van der Waals surface area contributed by atoms with Crippen LogP contribution in [-0.2, 0) is 4.79 Å². The fraction of sp³-hybridized carbons (Fsp3) is 0.261. The summed E-state index contributed by atoms with van der Waals surface area (Å²) in [6.45, 7) is 5.84. The average Bonchev–Trinajstić information content (AvgIpc) is 3.26. The summed E-state index contributed by atoms with van der Waals surface area (Å²) in [5.74, 6) is -0.466. The molecular weight excluding hydrogens is 424 g/mol. The van der Waals surface area contributed by atoms with Crippen LogP contribution in [0.15, 0.2) is 48.5 Å². The van der Waals surface area contributed by atoms with E-state index in [1.54, 1.807) is 24.3 Å². The molecule has 32 heavy (non-hydrogen) atoms. The highest BCUT2D eigenvalue weighted by molar-refractivity contribution is 7.18. The third kappa shape index (κ3) is 5.89. The summed E-state index contributed by atoms with van der Waals surface area (Å²) in [6, 6.07) is 15.1. The quantitative estimate of drug-likeness (QED) is 0.489. The maximum absolute atomic E-state index is 12.9. The molecule has 9 heteroatoms. The van der Waals surface area contributed by atoms with E-state index in [2.05, 4.69) is 26.1 Å². The zero-order valence-corrected chi connectivity index (χ0v) is 18.9. The van der Waals surface area contributed by atoms with Gasteiger partial charge in [-0.2, -0.15) is 5.26 Å². The van der Waals surface area contributed by atoms with Crippen LogP contribution in [0.1, 0.15) is 31.4 Å². The van der Waals surface area contributed by atoms with Crippen LogP contribution in [0, 0.1) is 24.2 Å². The minimum Gasteiger partial charge on any atom is -0.326 e. The molecule has 0 spiro atoms. The highest BCUT2D eigenvalue weighted by Gasteiger charge is 2.27. The van der Waals surface area contributed by atoms with E-state index in [4.69, 9.17) is 5.26 Å². The van der Waals surface area contributed by atoms with E-state index in [9.17, 15) is 9.59 Å². The van der Waals surface area contributed by atoms with E-state index >= 15 is 0 Å². The Morgan fingerprint density at radius 1 is 1.12 bits per heavy atom. The molecular formula is C23H24N6O2S. The van der Waals surface area contributed by atoms with Gasteiger partial charge < -0.3 is 10.6 Å². The number of aryl methyl sites for hydroxylation is 1. The van der Waals surface area contributed by atoms with E-state index in [1.165, 1.54) is 11.3 Å². The molecule has 0 aliphatic rings. The van der Waals surface area contributed by atoms with Crippen LogP contribution < -0.4 is 16.0 Å². The number of anilines is 2. The molecule has 0 fully saturated rings. The predicted molar refractivity (Wildman–Crippen MR) is 125 cm³/mol. The number of amides is 3. The number of nitrogens with zero attached hydrogens (tertiary/aromatic N) is 3. The molecule has 0 radical (unpaired) electrons. The maximum atomic E-state index is 12.9. The summed E-state index contributed by atoms with van der Waals surface area (Å²) >= 11 is 1.28. The maximum Gasteiger partial charge on any atom is 0.319 e. The van der Waals surface area contributed by atoms with Crippen molar-refractivity contribution in [1.82, 2.24) is 15.5 Å². The largest absolute Gasteiger partial charge is 0.326 e. The molecule has 2 aromatic carbocycles. The van der Waals surface area contributed by atoms with Crippen LogP contribution in [0.3, 0.4) is 0 Å². The van der Waals surface area contributed by atoms with Crippen LogP contribution in [0.5, 0.6) is 0 Å². The first-order valence-corrected chi connectivity index (χ1v) is 11.0. The van der Waals surface area contributed by atoms with Crippen LogP contribution in [0.2, 0.25) is 0 Å². The Bertz CT molecular complexity index is 1140. The molecule has 2 atom stereocenters. The van der Waals surface area contributed by atoms with Gasteiger partial charge in [0.1, 0.15) is 11.0 Å². The van der Waals surface area contributed by atoms with Crippen molar-refractivity contribution in [3.8, 4) is 16.6 Å². The standard InChI is InChI=1S/C23H24N6O2S/c1-4-15(3)19(26-22(31)25-18-10-8-16(13-24)9-11-18)20(30)27-23-29-28-21(32-23)17-7-5-6-14(2)12-17/h5-12,15,19H,4H2,1-3H3,(H2,25,26,31)(H,27,29,30). The Morgan fingerprint density at radius 2 is 1.88 bits per heavy atom. The first-order chi connectivity index (χ1) is 15.4. The molecule has 1 heterocycles. The number of urea groups is 1. The van der Waals surface area contributed by atoms with Gasteiger partial charge in [0.2, 0.25) is 11.0 Å². The first-order valence-electron chi connectivity index (χ1n) is 10.2. The van der Waals surface area contributed by atoms with E-state index in [0.29, 0.717) is 27.8 Å². The van der Waals surface area contributed by atoms with E-state index < -0.39 is 12.1 Å². The Hall–Kier alpha value is -3.77. The monoisotopic (exact) mass is 448 g/mol. The normalized spacial score (nSPS) is 12.3. The van der Waals surface area contributed by atoms with Gasteiger partial charge >= 0.3 is 6.03 Å². The number of benzene rings is 2. The lowest BCUT2D eigenvalue weighted by Crippen LogP contribution is -2.49. The molecule has 0 saturated carbocycles. The second kappa shape index (κ2) is 10.5. The molecule has 3 rings (SSSR count). The summed E-state index contributed by atoms with van der Waals surface area (Å²) in [5.41, 5.74) is 3.06. The molecule has 3 N–H and O–H groups in total.